The predicted molar refractivity (Wildman–Crippen MR) is 58.5 cm³/mol. The lowest BCUT2D eigenvalue weighted by Gasteiger charge is -2.28. The summed E-state index contributed by atoms with van der Waals surface area (Å²) in [4.78, 5) is 13.4. The number of nitrogens with zero attached hydrogens (tertiary/aromatic N) is 1. The van der Waals surface area contributed by atoms with Crippen molar-refractivity contribution in [2.45, 2.75) is 13.8 Å². The third-order valence-corrected chi connectivity index (χ3v) is 2.30. The summed E-state index contributed by atoms with van der Waals surface area (Å²) in [6.45, 7) is 5.21. The maximum Gasteiger partial charge on any atom is 0.289 e. The monoisotopic (exact) mass is 210 g/mol. The molecule has 4 heteroatoms. The van der Waals surface area contributed by atoms with Gasteiger partial charge in [-0.05, 0) is 24.1 Å². The van der Waals surface area contributed by atoms with Crippen LogP contribution in [0.25, 0.3) is 0 Å². The molecule has 15 heavy (non-hydrogen) atoms. The molecule has 0 aromatic carbocycles. The van der Waals surface area contributed by atoms with Crippen LogP contribution in [-0.2, 0) is 0 Å². The lowest BCUT2D eigenvalue weighted by molar-refractivity contribution is 0.0709. The Bertz CT molecular complexity index is 317. The topological polar surface area (TPSA) is 59.5 Å². The summed E-state index contributed by atoms with van der Waals surface area (Å²) in [6, 6.07) is 3.36. The molecule has 0 saturated heterocycles. The maximum absolute atomic E-state index is 11.8. The van der Waals surface area contributed by atoms with Gasteiger partial charge in [0.2, 0.25) is 0 Å². The first kappa shape index (κ1) is 11.8. The number of nitrogens with two attached hydrogens (primary N) is 1. The zero-order valence-corrected chi connectivity index (χ0v) is 9.49. The molecule has 0 radical (unpaired) electrons. The van der Waals surface area contributed by atoms with Crippen molar-refractivity contribution in [3.05, 3.63) is 24.2 Å². The van der Waals surface area contributed by atoms with E-state index in [0.717, 1.165) is 0 Å². The molecule has 0 aliphatic carbocycles. The average molecular weight is 210 g/mol. The molecule has 0 aliphatic rings. The van der Waals surface area contributed by atoms with Crippen LogP contribution in [0.2, 0.25) is 0 Å². The van der Waals surface area contributed by atoms with E-state index in [0.29, 0.717) is 18.8 Å². The molecular formula is C11H18N2O2. The lowest BCUT2D eigenvalue weighted by atomic mass is 9.93. The fourth-order valence-corrected chi connectivity index (χ4v) is 1.37. The van der Waals surface area contributed by atoms with E-state index in [-0.39, 0.29) is 11.3 Å². The number of carbonyl (C=O) groups is 1. The van der Waals surface area contributed by atoms with Gasteiger partial charge in [-0.3, -0.25) is 4.79 Å². The van der Waals surface area contributed by atoms with Crippen LogP contribution in [-0.4, -0.2) is 30.9 Å². The van der Waals surface area contributed by atoms with Crippen LogP contribution in [0.15, 0.2) is 22.8 Å². The number of furan rings is 1. The highest BCUT2D eigenvalue weighted by molar-refractivity contribution is 5.91. The van der Waals surface area contributed by atoms with Gasteiger partial charge in [0.05, 0.1) is 6.26 Å². The fourth-order valence-electron chi connectivity index (χ4n) is 1.37. The van der Waals surface area contributed by atoms with E-state index in [1.165, 1.54) is 6.26 Å². The quantitative estimate of drug-likeness (QED) is 0.815. The highest BCUT2D eigenvalue weighted by Crippen LogP contribution is 2.15. The highest BCUT2D eigenvalue weighted by atomic mass is 16.3. The Balaban J connectivity index is 2.62. The van der Waals surface area contributed by atoms with Gasteiger partial charge in [-0.25, -0.2) is 0 Å². The smallest absolute Gasteiger partial charge is 0.289 e. The summed E-state index contributed by atoms with van der Waals surface area (Å²) in [5.41, 5.74) is 5.54. The number of hydrogen-bond donors (Lipinski definition) is 1. The maximum atomic E-state index is 11.8. The summed E-state index contributed by atoms with van der Waals surface area (Å²) < 4.78 is 5.04. The molecule has 0 spiro atoms. The van der Waals surface area contributed by atoms with Crippen LogP contribution in [0.1, 0.15) is 24.4 Å². The van der Waals surface area contributed by atoms with Crippen LogP contribution >= 0.6 is 0 Å². The van der Waals surface area contributed by atoms with Gasteiger partial charge in [0.15, 0.2) is 5.76 Å². The zero-order valence-electron chi connectivity index (χ0n) is 9.49. The van der Waals surface area contributed by atoms with Gasteiger partial charge < -0.3 is 15.1 Å². The van der Waals surface area contributed by atoms with Crippen molar-refractivity contribution in [1.29, 1.82) is 0 Å². The molecule has 0 bridgehead atoms. The molecule has 0 saturated carbocycles. The third kappa shape index (κ3) is 3.09. The first-order chi connectivity index (χ1) is 6.96. The Kier molecular flexibility index (Phi) is 3.52. The van der Waals surface area contributed by atoms with E-state index >= 15 is 0 Å². The van der Waals surface area contributed by atoms with Gasteiger partial charge >= 0.3 is 0 Å². The van der Waals surface area contributed by atoms with Gasteiger partial charge in [-0.1, -0.05) is 13.8 Å². The Morgan fingerprint density at radius 2 is 2.27 bits per heavy atom. The minimum absolute atomic E-state index is 0.0724. The molecule has 2 N–H and O–H groups in total. The van der Waals surface area contributed by atoms with Crippen molar-refractivity contribution in [2.75, 3.05) is 20.1 Å². The first-order valence-electron chi connectivity index (χ1n) is 4.95. The normalized spacial score (nSPS) is 11.5. The van der Waals surface area contributed by atoms with Gasteiger partial charge in [0.25, 0.3) is 5.91 Å². The van der Waals surface area contributed by atoms with E-state index in [1.807, 2.05) is 13.8 Å². The average Bonchev–Trinajstić information content (AvgIpc) is 2.68. The third-order valence-electron chi connectivity index (χ3n) is 2.30. The Labute approximate surface area is 90.0 Å². The molecule has 4 nitrogen and oxygen atoms in total. The molecule has 0 unspecified atom stereocenters. The number of hydrogen-bond acceptors (Lipinski definition) is 3. The van der Waals surface area contributed by atoms with E-state index in [9.17, 15) is 4.79 Å². The van der Waals surface area contributed by atoms with Gasteiger partial charge in [0, 0.05) is 13.6 Å². The molecule has 1 aromatic heterocycles. The van der Waals surface area contributed by atoms with Gasteiger partial charge in [-0.15, -0.1) is 0 Å². The molecule has 1 heterocycles. The second kappa shape index (κ2) is 4.49. The first-order valence-corrected chi connectivity index (χ1v) is 4.95. The van der Waals surface area contributed by atoms with Crippen LogP contribution in [0.5, 0.6) is 0 Å². The molecule has 84 valence electrons. The molecule has 0 aliphatic heterocycles. The predicted octanol–water partition coefficient (Wildman–Crippen LogP) is 1.34. The SMILES string of the molecule is CN(CC(C)(C)CN)C(=O)c1ccco1. The van der Waals surface area contributed by atoms with Crippen molar-refractivity contribution >= 4 is 5.91 Å². The van der Waals surface area contributed by atoms with Crippen molar-refractivity contribution in [2.24, 2.45) is 11.1 Å². The fraction of sp³-hybridized carbons (Fsp3) is 0.545. The van der Waals surface area contributed by atoms with Crippen molar-refractivity contribution in [1.82, 2.24) is 4.90 Å². The van der Waals surface area contributed by atoms with Crippen LogP contribution in [0, 0.1) is 5.41 Å². The summed E-state index contributed by atoms with van der Waals surface area (Å²) in [5.74, 6) is 0.256. The van der Waals surface area contributed by atoms with Crippen molar-refractivity contribution in [3.63, 3.8) is 0 Å². The van der Waals surface area contributed by atoms with Crippen molar-refractivity contribution < 1.29 is 9.21 Å². The second-order valence-electron chi connectivity index (χ2n) is 4.51. The van der Waals surface area contributed by atoms with Crippen LogP contribution in [0.4, 0.5) is 0 Å². The van der Waals surface area contributed by atoms with Gasteiger partial charge in [-0.2, -0.15) is 0 Å². The molecule has 0 atom stereocenters. The molecular weight excluding hydrogens is 192 g/mol. The Morgan fingerprint density at radius 3 is 2.73 bits per heavy atom. The van der Waals surface area contributed by atoms with E-state index < -0.39 is 0 Å². The van der Waals surface area contributed by atoms with E-state index in [1.54, 1.807) is 24.1 Å². The Morgan fingerprint density at radius 1 is 1.60 bits per heavy atom. The summed E-state index contributed by atoms with van der Waals surface area (Å²) >= 11 is 0. The minimum Gasteiger partial charge on any atom is -0.459 e. The second-order valence-corrected chi connectivity index (χ2v) is 4.51. The zero-order chi connectivity index (χ0) is 11.5. The van der Waals surface area contributed by atoms with Gasteiger partial charge in [0.1, 0.15) is 0 Å². The number of carbonyl (C=O) groups excluding carboxylic acids is 1. The molecule has 0 fully saturated rings. The number of amides is 1. The van der Waals surface area contributed by atoms with E-state index in [4.69, 9.17) is 10.2 Å². The largest absolute Gasteiger partial charge is 0.459 e. The summed E-state index contributed by atoms with van der Waals surface area (Å²) in [7, 11) is 1.75. The minimum atomic E-state index is -0.110. The standard InChI is InChI=1S/C11H18N2O2/c1-11(2,7-12)8-13(3)10(14)9-5-4-6-15-9/h4-6H,7-8,12H2,1-3H3. The lowest BCUT2D eigenvalue weighted by Crippen LogP contribution is -2.39. The number of rotatable bonds is 4. The van der Waals surface area contributed by atoms with Crippen molar-refractivity contribution in [3.8, 4) is 0 Å². The van der Waals surface area contributed by atoms with Crippen LogP contribution < -0.4 is 5.73 Å². The molecule has 1 amide bonds. The Hall–Kier alpha value is -1.29. The molecule has 1 rings (SSSR count). The van der Waals surface area contributed by atoms with E-state index in [2.05, 4.69) is 0 Å². The summed E-state index contributed by atoms with van der Waals surface area (Å²) in [6.07, 6.45) is 1.50. The highest BCUT2D eigenvalue weighted by Gasteiger charge is 2.22. The molecule has 1 aromatic rings. The summed E-state index contributed by atoms with van der Waals surface area (Å²) in [5, 5.41) is 0. The van der Waals surface area contributed by atoms with Crippen LogP contribution in [0.3, 0.4) is 0 Å².